The van der Waals surface area contributed by atoms with Gasteiger partial charge in [-0.05, 0) is 6.42 Å². The van der Waals surface area contributed by atoms with Crippen molar-refractivity contribution in [1.82, 2.24) is 0 Å². The first-order chi connectivity index (χ1) is 6.95. The zero-order valence-electron chi connectivity index (χ0n) is 9.41. The van der Waals surface area contributed by atoms with Crippen LogP contribution < -0.4 is 0 Å². The Morgan fingerprint density at radius 2 is 1.53 bits per heavy atom. The number of ether oxygens (including phenoxy) is 2. The molecule has 0 rings (SSSR count). The van der Waals surface area contributed by atoms with E-state index in [0.717, 1.165) is 0 Å². The zero-order valence-corrected chi connectivity index (χ0v) is 9.41. The summed E-state index contributed by atoms with van der Waals surface area (Å²) in [6.07, 6.45) is 0.560. The summed E-state index contributed by atoms with van der Waals surface area (Å²) in [5, 5.41) is 9.22. The highest BCUT2D eigenvalue weighted by Crippen LogP contribution is 2.22. The molecular weight excluding hydrogens is 200 g/mol. The van der Waals surface area contributed by atoms with Gasteiger partial charge in [-0.2, -0.15) is 0 Å². The van der Waals surface area contributed by atoms with E-state index in [0.29, 0.717) is 6.42 Å². The van der Waals surface area contributed by atoms with Crippen LogP contribution in [0.1, 0.15) is 27.2 Å². The molecule has 1 N–H and O–H groups in total. The molecule has 0 aliphatic heterocycles. The van der Waals surface area contributed by atoms with E-state index in [1.807, 2.05) is 6.92 Å². The lowest BCUT2D eigenvalue weighted by molar-refractivity contribution is -0.153. The van der Waals surface area contributed by atoms with Crippen molar-refractivity contribution in [2.24, 2.45) is 5.41 Å². The van der Waals surface area contributed by atoms with Crippen molar-refractivity contribution >= 4 is 11.9 Å². The standard InChI is InChI=1S/C10H18O5/c1-4-10(5-11,6-14-8(2)12)7-15-9(3)13/h11H,4-7H2,1-3H3. The molecule has 0 bridgehead atoms. The minimum Gasteiger partial charge on any atom is -0.465 e. The third-order valence-corrected chi connectivity index (χ3v) is 2.25. The van der Waals surface area contributed by atoms with Crippen LogP contribution in [0.3, 0.4) is 0 Å². The summed E-state index contributed by atoms with van der Waals surface area (Å²) in [5.41, 5.74) is -0.683. The van der Waals surface area contributed by atoms with Gasteiger partial charge in [0.05, 0.1) is 12.0 Å². The van der Waals surface area contributed by atoms with Crippen LogP contribution in [0.5, 0.6) is 0 Å². The Bertz CT molecular complexity index is 200. The average molecular weight is 218 g/mol. The molecule has 0 atom stereocenters. The molecule has 0 aromatic rings. The molecule has 0 aromatic heterocycles. The van der Waals surface area contributed by atoms with Crippen LogP contribution in [0, 0.1) is 5.41 Å². The maximum absolute atomic E-state index is 10.6. The lowest BCUT2D eigenvalue weighted by Crippen LogP contribution is -2.36. The first-order valence-corrected chi connectivity index (χ1v) is 4.83. The first kappa shape index (κ1) is 13.9. The molecule has 0 aliphatic carbocycles. The molecule has 15 heavy (non-hydrogen) atoms. The van der Waals surface area contributed by atoms with E-state index in [-0.39, 0.29) is 19.8 Å². The number of rotatable bonds is 6. The second kappa shape index (κ2) is 6.40. The molecule has 0 heterocycles. The van der Waals surface area contributed by atoms with Gasteiger partial charge in [0.15, 0.2) is 0 Å². The monoisotopic (exact) mass is 218 g/mol. The molecule has 0 spiro atoms. The summed E-state index contributed by atoms with van der Waals surface area (Å²) >= 11 is 0. The van der Waals surface area contributed by atoms with Crippen molar-refractivity contribution in [2.45, 2.75) is 27.2 Å². The maximum Gasteiger partial charge on any atom is 0.302 e. The highest BCUT2D eigenvalue weighted by molar-refractivity contribution is 5.66. The number of carbonyl (C=O) groups is 2. The third kappa shape index (κ3) is 5.37. The zero-order chi connectivity index (χ0) is 11.9. The van der Waals surface area contributed by atoms with Crippen LogP contribution in [0.25, 0.3) is 0 Å². The molecule has 0 fully saturated rings. The van der Waals surface area contributed by atoms with Crippen molar-refractivity contribution in [2.75, 3.05) is 19.8 Å². The van der Waals surface area contributed by atoms with Crippen LogP contribution in [-0.4, -0.2) is 36.9 Å². The Kier molecular flexibility index (Phi) is 5.93. The summed E-state index contributed by atoms with van der Waals surface area (Å²) in [5.74, 6) is -0.826. The predicted molar refractivity (Wildman–Crippen MR) is 53.1 cm³/mol. The van der Waals surface area contributed by atoms with Crippen molar-refractivity contribution in [1.29, 1.82) is 0 Å². The molecular formula is C10H18O5. The van der Waals surface area contributed by atoms with Crippen molar-refractivity contribution < 1.29 is 24.2 Å². The van der Waals surface area contributed by atoms with Gasteiger partial charge in [-0.15, -0.1) is 0 Å². The first-order valence-electron chi connectivity index (χ1n) is 4.83. The SMILES string of the molecule is CCC(CO)(COC(C)=O)COC(C)=O. The highest BCUT2D eigenvalue weighted by atomic mass is 16.5. The molecule has 0 unspecified atom stereocenters. The van der Waals surface area contributed by atoms with E-state index >= 15 is 0 Å². The molecule has 0 aliphatic rings. The normalized spacial score (nSPS) is 10.9. The Labute approximate surface area is 89.4 Å². The van der Waals surface area contributed by atoms with Crippen LogP contribution in [0.2, 0.25) is 0 Å². The fourth-order valence-corrected chi connectivity index (χ4v) is 0.958. The molecule has 5 heteroatoms. The van der Waals surface area contributed by atoms with E-state index in [2.05, 4.69) is 0 Å². The Balaban J connectivity index is 4.29. The molecule has 88 valence electrons. The van der Waals surface area contributed by atoms with E-state index in [1.165, 1.54) is 13.8 Å². The van der Waals surface area contributed by atoms with Gasteiger partial charge in [-0.3, -0.25) is 9.59 Å². The smallest absolute Gasteiger partial charge is 0.302 e. The van der Waals surface area contributed by atoms with Gasteiger partial charge < -0.3 is 14.6 Å². The maximum atomic E-state index is 10.6. The number of esters is 2. The summed E-state index contributed by atoms with van der Waals surface area (Å²) < 4.78 is 9.66. The minimum atomic E-state index is -0.683. The molecule has 0 radical (unpaired) electrons. The van der Waals surface area contributed by atoms with Gasteiger partial charge in [0.2, 0.25) is 0 Å². The van der Waals surface area contributed by atoms with Gasteiger partial charge in [0, 0.05) is 13.8 Å². The fraction of sp³-hybridized carbons (Fsp3) is 0.800. The number of carbonyl (C=O) groups excluding carboxylic acids is 2. The van der Waals surface area contributed by atoms with E-state index in [1.54, 1.807) is 0 Å². The van der Waals surface area contributed by atoms with E-state index < -0.39 is 17.4 Å². The molecule has 5 nitrogen and oxygen atoms in total. The van der Waals surface area contributed by atoms with Crippen LogP contribution in [-0.2, 0) is 19.1 Å². The van der Waals surface area contributed by atoms with Crippen molar-refractivity contribution in [3.8, 4) is 0 Å². The number of hydrogen-bond acceptors (Lipinski definition) is 5. The number of hydrogen-bond donors (Lipinski definition) is 1. The number of aliphatic hydroxyl groups excluding tert-OH is 1. The van der Waals surface area contributed by atoms with Crippen LogP contribution in [0.15, 0.2) is 0 Å². The molecule has 0 saturated carbocycles. The lowest BCUT2D eigenvalue weighted by atomic mass is 9.88. The van der Waals surface area contributed by atoms with Gasteiger partial charge in [-0.25, -0.2) is 0 Å². The molecule has 0 amide bonds. The lowest BCUT2D eigenvalue weighted by Gasteiger charge is -2.28. The van der Waals surface area contributed by atoms with Gasteiger partial charge >= 0.3 is 11.9 Å². The van der Waals surface area contributed by atoms with E-state index in [9.17, 15) is 14.7 Å². The Morgan fingerprint density at radius 3 is 1.73 bits per heavy atom. The molecule has 0 aromatic carbocycles. The van der Waals surface area contributed by atoms with Gasteiger partial charge in [0.25, 0.3) is 0 Å². The third-order valence-electron chi connectivity index (χ3n) is 2.25. The minimum absolute atomic E-state index is 0.0581. The second-order valence-corrected chi connectivity index (χ2v) is 3.57. The predicted octanol–water partition coefficient (Wildman–Crippen LogP) is 0.501. The average Bonchev–Trinajstić information content (AvgIpc) is 2.19. The quantitative estimate of drug-likeness (QED) is 0.657. The van der Waals surface area contributed by atoms with Crippen LogP contribution in [0.4, 0.5) is 0 Å². The van der Waals surface area contributed by atoms with E-state index in [4.69, 9.17) is 9.47 Å². The largest absolute Gasteiger partial charge is 0.465 e. The summed E-state index contributed by atoms with van der Waals surface area (Å²) in [6, 6.07) is 0. The fourth-order valence-electron chi connectivity index (χ4n) is 0.958. The topological polar surface area (TPSA) is 72.8 Å². The van der Waals surface area contributed by atoms with Gasteiger partial charge in [-0.1, -0.05) is 6.92 Å². The summed E-state index contributed by atoms with van der Waals surface area (Å²) in [7, 11) is 0. The molecule has 0 saturated heterocycles. The number of aliphatic hydroxyl groups is 1. The summed E-state index contributed by atoms with van der Waals surface area (Å²) in [4.78, 5) is 21.3. The Hall–Kier alpha value is -1.10. The van der Waals surface area contributed by atoms with Gasteiger partial charge in [0.1, 0.15) is 13.2 Å². The van der Waals surface area contributed by atoms with Crippen molar-refractivity contribution in [3.05, 3.63) is 0 Å². The summed E-state index contributed by atoms with van der Waals surface area (Å²) in [6.45, 7) is 4.35. The Morgan fingerprint density at radius 1 is 1.13 bits per heavy atom. The second-order valence-electron chi connectivity index (χ2n) is 3.57. The highest BCUT2D eigenvalue weighted by Gasteiger charge is 2.30. The van der Waals surface area contributed by atoms with Crippen LogP contribution >= 0.6 is 0 Å². The van der Waals surface area contributed by atoms with Crippen molar-refractivity contribution in [3.63, 3.8) is 0 Å².